The molecule has 2 amide bonds. The highest BCUT2D eigenvalue weighted by Gasteiger charge is 2.40. The van der Waals surface area contributed by atoms with Crippen LogP contribution in [-0.2, 0) is 19.6 Å². The van der Waals surface area contributed by atoms with Crippen LogP contribution in [0.2, 0.25) is 0 Å². The standard InChI is InChI=1S/C15H18N2O5S/c18-14(16-10-11-4-3-9-22-11)7-8-17-15(19)12-5-1-2-6-13(12)23(17,20)21/h1-2,5-6,11H,3-4,7-10H2,(H,16,18)/t11-/m0/s1. The molecule has 0 aromatic heterocycles. The number of sulfonamides is 1. The largest absolute Gasteiger partial charge is 0.376 e. The quantitative estimate of drug-likeness (QED) is 0.845. The Kier molecular flexibility index (Phi) is 4.36. The lowest BCUT2D eigenvalue weighted by atomic mass is 10.2. The van der Waals surface area contributed by atoms with E-state index in [4.69, 9.17) is 4.74 Å². The van der Waals surface area contributed by atoms with E-state index in [9.17, 15) is 18.0 Å². The van der Waals surface area contributed by atoms with E-state index in [0.717, 1.165) is 17.1 Å². The minimum Gasteiger partial charge on any atom is -0.376 e. The molecule has 1 aromatic rings. The summed E-state index contributed by atoms with van der Waals surface area (Å²) in [7, 11) is -3.84. The Balaban J connectivity index is 1.58. The van der Waals surface area contributed by atoms with Crippen LogP contribution in [0.1, 0.15) is 29.6 Å². The molecule has 1 aromatic carbocycles. The number of carbonyl (C=O) groups excluding carboxylic acids is 2. The zero-order valence-corrected chi connectivity index (χ0v) is 13.3. The second-order valence-corrected chi connectivity index (χ2v) is 7.40. The summed E-state index contributed by atoms with van der Waals surface area (Å²) < 4.78 is 30.8. The van der Waals surface area contributed by atoms with Gasteiger partial charge >= 0.3 is 0 Å². The number of carbonyl (C=O) groups is 2. The van der Waals surface area contributed by atoms with Gasteiger partial charge in [-0.1, -0.05) is 12.1 Å². The Morgan fingerprint density at radius 1 is 1.35 bits per heavy atom. The van der Waals surface area contributed by atoms with Crippen LogP contribution in [-0.4, -0.2) is 50.3 Å². The monoisotopic (exact) mass is 338 g/mol. The predicted octanol–water partition coefficient (Wildman–Crippen LogP) is 0.516. The summed E-state index contributed by atoms with van der Waals surface area (Å²) in [5.41, 5.74) is 0.160. The van der Waals surface area contributed by atoms with Gasteiger partial charge in [-0.25, -0.2) is 12.7 Å². The molecule has 1 atom stereocenters. The van der Waals surface area contributed by atoms with Crippen molar-refractivity contribution >= 4 is 21.8 Å². The molecule has 2 aliphatic rings. The van der Waals surface area contributed by atoms with Crippen LogP contribution in [0.5, 0.6) is 0 Å². The van der Waals surface area contributed by atoms with Crippen molar-refractivity contribution in [3.8, 4) is 0 Å². The number of ether oxygens (including phenoxy) is 1. The number of rotatable bonds is 5. The van der Waals surface area contributed by atoms with Crippen molar-refractivity contribution in [1.82, 2.24) is 9.62 Å². The van der Waals surface area contributed by atoms with E-state index < -0.39 is 15.9 Å². The molecule has 0 saturated carbocycles. The second-order valence-electron chi connectivity index (χ2n) is 5.57. The van der Waals surface area contributed by atoms with Gasteiger partial charge in [-0.2, -0.15) is 0 Å². The van der Waals surface area contributed by atoms with Gasteiger partial charge in [0, 0.05) is 26.1 Å². The van der Waals surface area contributed by atoms with Crippen LogP contribution < -0.4 is 5.32 Å². The minimum atomic E-state index is -3.84. The van der Waals surface area contributed by atoms with Crippen molar-refractivity contribution in [2.45, 2.75) is 30.3 Å². The van der Waals surface area contributed by atoms with E-state index in [1.54, 1.807) is 12.1 Å². The number of hydrogen-bond acceptors (Lipinski definition) is 5. The van der Waals surface area contributed by atoms with E-state index in [1.807, 2.05) is 0 Å². The first-order chi connectivity index (χ1) is 11.0. The van der Waals surface area contributed by atoms with Gasteiger partial charge in [0.05, 0.1) is 11.7 Å². The molecular weight excluding hydrogens is 320 g/mol. The van der Waals surface area contributed by atoms with Gasteiger partial charge in [0.15, 0.2) is 0 Å². The Morgan fingerprint density at radius 3 is 2.83 bits per heavy atom. The third-order valence-electron chi connectivity index (χ3n) is 4.00. The summed E-state index contributed by atoms with van der Waals surface area (Å²) in [5, 5.41) is 2.72. The lowest BCUT2D eigenvalue weighted by Crippen LogP contribution is -2.36. The molecule has 8 heteroatoms. The van der Waals surface area contributed by atoms with Gasteiger partial charge in [-0.15, -0.1) is 0 Å². The van der Waals surface area contributed by atoms with Crippen molar-refractivity contribution < 1.29 is 22.7 Å². The van der Waals surface area contributed by atoms with Crippen molar-refractivity contribution in [1.29, 1.82) is 0 Å². The number of benzene rings is 1. The van der Waals surface area contributed by atoms with Gasteiger partial charge in [0.25, 0.3) is 15.9 Å². The summed E-state index contributed by atoms with van der Waals surface area (Å²) in [4.78, 5) is 24.0. The molecule has 0 spiro atoms. The lowest BCUT2D eigenvalue weighted by molar-refractivity contribution is -0.121. The fourth-order valence-corrected chi connectivity index (χ4v) is 4.35. The second kappa shape index (κ2) is 6.29. The highest BCUT2D eigenvalue weighted by Crippen LogP contribution is 2.29. The molecular formula is C15H18N2O5S. The third-order valence-corrected chi connectivity index (χ3v) is 5.85. The summed E-state index contributed by atoms with van der Waals surface area (Å²) in [5.74, 6) is -0.869. The Hall–Kier alpha value is -1.93. The lowest BCUT2D eigenvalue weighted by Gasteiger charge is -2.15. The van der Waals surface area contributed by atoms with Gasteiger partial charge in [0.2, 0.25) is 5.91 Å². The molecule has 0 unspecified atom stereocenters. The minimum absolute atomic E-state index is 0.00441. The van der Waals surface area contributed by atoms with Gasteiger partial charge < -0.3 is 10.1 Å². The topological polar surface area (TPSA) is 92.8 Å². The zero-order valence-electron chi connectivity index (χ0n) is 12.5. The highest BCUT2D eigenvalue weighted by atomic mass is 32.2. The molecule has 0 aliphatic carbocycles. The maximum absolute atomic E-state index is 12.3. The molecule has 23 heavy (non-hydrogen) atoms. The number of amides is 2. The van der Waals surface area contributed by atoms with Crippen molar-refractivity contribution in [3.05, 3.63) is 29.8 Å². The fraction of sp³-hybridized carbons (Fsp3) is 0.467. The van der Waals surface area contributed by atoms with Crippen LogP contribution >= 0.6 is 0 Å². The first kappa shape index (κ1) is 15.9. The van der Waals surface area contributed by atoms with Crippen LogP contribution in [0, 0.1) is 0 Å². The molecule has 0 bridgehead atoms. The number of nitrogens with zero attached hydrogens (tertiary/aromatic N) is 1. The average molecular weight is 338 g/mol. The third kappa shape index (κ3) is 3.09. The summed E-state index contributed by atoms with van der Waals surface area (Å²) >= 11 is 0. The van der Waals surface area contributed by atoms with Crippen LogP contribution in [0.15, 0.2) is 29.2 Å². The molecule has 1 saturated heterocycles. The SMILES string of the molecule is O=C(CCN1C(=O)c2ccccc2S1(=O)=O)NC[C@@H]1CCCO1. The van der Waals surface area contributed by atoms with Crippen LogP contribution in [0.4, 0.5) is 0 Å². The molecule has 7 nitrogen and oxygen atoms in total. The normalized spacial score (nSPS) is 22.2. The van der Waals surface area contributed by atoms with E-state index >= 15 is 0 Å². The Bertz CT molecular complexity index is 725. The van der Waals surface area contributed by atoms with Gasteiger partial charge in [-0.05, 0) is 25.0 Å². The molecule has 3 rings (SSSR count). The van der Waals surface area contributed by atoms with Gasteiger partial charge in [-0.3, -0.25) is 9.59 Å². The zero-order chi connectivity index (χ0) is 16.4. The Labute approximate surface area is 134 Å². The number of hydrogen-bond donors (Lipinski definition) is 1. The van der Waals surface area contributed by atoms with Crippen molar-refractivity contribution in [2.24, 2.45) is 0 Å². The Morgan fingerprint density at radius 2 is 2.13 bits per heavy atom. The smallest absolute Gasteiger partial charge is 0.269 e. The van der Waals surface area contributed by atoms with E-state index in [-0.39, 0.29) is 35.4 Å². The van der Waals surface area contributed by atoms with Crippen molar-refractivity contribution in [2.75, 3.05) is 19.7 Å². The highest BCUT2D eigenvalue weighted by molar-refractivity contribution is 7.90. The molecule has 1 N–H and O–H groups in total. The molecule has 1 fully saturated rings. The molecule has 2 heterocycles. The predicted molar refractivity (Wildman–Crippen MR) is 81.3 cm³/mol. The first-order valence-electron chi connectivity index (χ1n) is 7.54. The average Bonchev–Trinajstić information content (AvgIpc) is 3.11. The van der Waals surface area contributed by atoms with Crippen molar-refractivity contribution in [3.63, 3.8) is 0 Å². The molecule has 124 valence electrons. The van der Waals surface area contributed by atoms with Crippen LogP contribution in [0.3, 0.4) is 0 Å². The number of nitrogens with one attached hydrogen (secondary N) is 1. The van der Waals surface area contributed by atoms with E-state index in [2.05, 4.69) is 5.32 Å². The summed E-state index contributed by atoms with van der Waals surface area (Å²) in [6.45, 7) is 0.965. The first-order valence-corrected chi connectivity index (χ1v) is 8.98. The number of fused-ring (bicyclic) bond motifs is 1. The molecule has 2 aliphatic heterocycles. The van der Waals surface area contributed by atoms with E-state index in [0.29, 0.717) is 13.2 Å². The summed E-state index contributed by atoms with van der Waals surface area (Å²) in [6, 6.07) is 6.07. The van der Waals surface area contributed by atoms with E-state index in [1.165, 1.54) is 12.1 Å². The fourth-order valence-electron chi connectivity index (χ4n) is 2.78. The maximum Gasteiger partial charge on any atom is 0.269 e. The summed E-state index contributed by atoms with van der Waals surface area (Å²) in [6.07, 6.45) is 1.86. The van der Waals surface area contributed by atoms with Crippen LogP contribution in [0.25, 0.3) is 0 Å². The maximum atomic E-state index is 12.3. The van der Waals surface area contributed by atoms with Gasteiger partial charge in [0.1, 0.15) is 4.90 Å². The molecule has 0 radical (unpaired) electrons.